The molecule has 0 aliphatic carbocycles. The van der Waals surface area contributed by atoms with Gasteiger partial charge in [-0.25, -0.2) is 4.79 Å². The first-order valence-corrected chi connectivity index (χ1v) is 4.13. The molecule has 2 N–H and O–H groups in total. The fraction of sp³-hybridized carbons (Fsp3) is 0.556. The minimum atomic E-state index is -1.03. The van der Waals surface area contributed by atoms with Gasteiger partial charge in [0, 0.05) is 6.08 Å². The maximum absolute atomic E-state index is 11.1. The first kappa shape index (κ1) is 12.6. The lowest BCUT2D eigenvalue weighted by Gasteiger charge is -2.16. The van der Waals surface area contributed by atoms with Gasteiger partial charge in [-0.2, -0.15) is 0 Å². The summed E-state index contributed by atoms with van der Waals surface area (Å²) in [7, 11) is 0. The van der Waals surface area contributed by atoms with Crippen LogP contribution >= 0.6 is 0 Å². The molecule has 0 aliphatic rings. The maximum atomic E-state index is 11.1. The Morgan fingerprint density at radius 3 is 2.29 bits per heavy atom. The number of hydrogen-bond acceptors (Lipinski definition) is 5. The van der Waals surface area contributed by atoms with Crippen LogP contribution in [0.15, 0.2) is 12.7 Å². The van der Waals surface area contributed by atoms with Gasteiger partial charge in [-0.15, -0.1) is 0 Å². The van der Waals surface area contributed by atoms with Crippen LogP contribution in [0.5, 0.6) is 0 Å². The predicted octanol–water partition coefficient (Wildman–Crippen LogP) is -0.00390. The molecule has 0 radical (unpaired) electrons. The lowest BCUT2D eigenvalue weighted by atomic mass is 10.1. The van der Waals surface area contributed by atoms with Crippen molar-refractivity contribution in [1.82, 2.24) is 0 Å². The highest BCUT2D eigenvalue weighted by molar-refractivity contribution is 5.81. The zero-order chi connectivity index (χ0) is 11.2. The molecule has 0 aromatic rings. The zero-order valence-corrected chi connectivity index (χ0v) is 8.41. The number of ether oxygens (including phenoxy) is 2. The van der Waals surface area contributed by atoms with E-state index in [2.05, 4.69) is 11.3 Å². The van der Waals surface area contributed by atoms with E-state index in [-0.39, 0.29) is 13.2 Å². The van der Waals surface area contributed by atoms with Crippen molar-refractivity contribution in [3.8, 4) is 0 Å². The Labute approximate surface area is 82.9 Å². The van der Waals surface area contributed by atoms with Crippen molar-refractivity contribution in [2.75, 3.05) is 13.2 Å². The van der Waals surface area contributed by atoms with Crippen LogP contribution in [0.4, 0.5) is 0 Å². The summed E-state index contributed by atoms with van der Waals surface area (Å²) >= 11 is 0. The van der Waals surface area contributed by atoms with Gasteiger partial charge in [-0.3, -0.25) is 4.79 Å². The molecule has 14 heavy (non-hydrogen) atoms. The van der Waals surface area contributed by atoms with Crippen molar-refractivity contribution in [1.29, 1.82) is 0 Å². The fourth-order valence-electron chi connectivity index (χ4n) is 0.522. The molecule has 0 unspecified atom stereocenters. The third kappa shape index (κ3) is 5.31. The molecule has 0 atom stereocenters. The number of nitrogens with two attached hydrogens (primary N) is 1. The molecule has 0 amide bonds. The molecule has 5 heteroatoms. The molecule has 0 aromatic carbocycles. The normalized spacial score (nSPS) is 10.5. The Kier molecular flexibility index (Phi) is 4.86. The second-order valence-corrected chi connectivity index (χ2v) is 3.23. The Balaban J connectivity index is 3.61. The Hall–Kier alpha value is -1.36. The fourth-order valence-corrected chi connectivity index (χ4v) is 0.522. The highest BCUT2D eigenvalue weighted by atomic mass is 16.6. The summed E-state index contributed by atoms with van der Waals surface area (Å²) in [4.78, 5) is 21.6. The van der Waals surface area contributed by atoms with Crippen LogP contribution in [0.25, 0.3) is 0 Å². The van der Waals surface area contributed by atoms with E-state index in [1.165, 1.54) is 13.8 Å². The van der Waals surface area contributed by atoms with E-state index in [1.807, 2.05) is 0 Å². The molecule has 5 nitrogen and oxygen atoms in total. The van der Waals surface area contributed by atoms with E-state index in [0.29, 0.717) is 0 Å². The van der Waals surface area contributed by atoms with Gasteiger partial charge in [-0.1, -0.05) is 6.58 Å². The van der Waals surface area contributed by atoms with Crippen LogP contribution in [0.2, 0.25) is 0 Å². The van der Waals surface area contributed by atoms with Crippen molar-refractivity contribution < 1.29 is 19.1 Å². The number of rotatable bonds is 5. The largest absolute Gasteiger partial charge is 0.461 e. The van der Waals surface area contributed by atoms with Crippen LogP contribution in [0.1, 0.15) is 13.8 Å². The Morgan fingerprint density at radius 1 is 1.36 bits per heavy atom. The summed E-state index contributed by atoms with van der Waals surface area (Å²) in [5.74, 6) is -1.08. The topological polar surface area (TPSA) is 78.6 Å². The van der Waals surface area contributed by atoms with E-state index in [9.17, 15) is 9.59 Å². The predicted molar refractivity (Wildman–Crippen MR) is 50.4 cm³/mol. The van der Waals surface area contributed by atoms with Gasteiger partial charge in [0.1, 0.15) is 18.8 Å². The first-order chi connectivity index (χ1) is 6.38. The number of carbonyl (C=O) groups is 2. The maximum Gasteiger partial charge on any atom is 0.330 e. The molecule has 0 aromatic heterocycles. The van der Waals surface area contributed by atoms with Crippen molar-refractivity contribution in [3.63, 3.8) is 0 Å². The molecule has 0 aliphatic heterocycles. The molecule has 80 valence electrons. The quantitative estimate of drug-likeness (QED) is 0.384. The van der Waals surface area contributed by atoms with E-state index >= 15 is 0 Å². The van der Waals surface area contributed by atoms with Crippen molar-refractivity contribution in [2.24, 2.45) is 5.73 Å². The minimum absolute atomic E-state index is 0.000949. The van der Waals surface area contributed by atoms with Crippen molar-refractivity contribution >= 4 is 11.9 Å². The summed E-state index contributed by atoms with van der Waals surface area (Å²) in [5.41, 5.74) is 4.42. The molecular weight excluding hydrogens is 186 g/mol. The summed E-state index contributed by atoms with van der Waals surface area (Å²) in [6.07, 6.45) is 1.04. The lowest BCUT2D eigenvalue weighted by Crippen LogP contribution is -2.43. The third-order valence-electron chi connectivity index (χ3n) is 1.25. The second kappa shape index (κ2) is 5.39. The van der Waals surface area contributed by atoms with E-state index in [4.69, 9.17) is 10.5 Å². The first-order valence-electron chi connectivity index (χ1n) is 4.13. The van der Waals surface area contributed by atoms with Gasteiger partial charge in [0.15, 0.2) is 0 Å². The van der Waals surface area contributed by atoms with Gasteiger partial charge in [0.2, 0.25) is 0 Å². The van der Waals surface area contributed by atoms with Crippen LogP contribution < -0.4 is 5.73 Å². The third-order valence-corrected chi connectivity index (χ3v) is 1.25. The smallest absolute Gasteiger partial charge is 0.330 e. The van der Waals surface area contributed by atoms with Gasteiger partial charge >= 0.3 is 11.9 Å². The van der Waals surface area contributed by atoms with E-state index in [0.717, 1.165) is 6.08 Å². The average molecular weight is 201 g/mol. The Bertz CT molecular complexity index is 229. The standard InChI is InChI=1S/C9H15NO4/c1-4-7(11)13-5-6-14-8(12)9(2,3)10/h4H,1,5-6,10H2,2-3H3. The van der Waals surface area contributed by atoms with E-state index in [1.54, 1.807) is 0 Å². The van der Waals surface area contributed by atoms with Crippen LogP contribution in [0, 0.1) is 0 Å². The Morgan fingerprint density at radius 2 is 1.86 bits per heavy atom. The number of esters is 2. The number of carbonyl (C=O) groups excluding carboxylic acids is 2. The highest BCUT2D eigenvalue weighted by Gasteiger charge is 2.23. The average Bonchev–Trinajstić information content (AvgIpc) is 2.09. The van der Waals surface area contributed by atoms with Crippen molar-refractivity contribution in [3.05, 3.63) is 12.7 Å². The zero-order valence-electron chi connectivity index (χ0n) is 8.41. The monoisotopic (exact) mass is 201 g/mol. The molecule has 0 saturated heterocycles. The summed E-state index contributed by atoms with van der Waals surface area (Å²) in [5, 5.41) is 0. The second-order valence-electron chi connectivity index (χ2n) is 3.23. The highest BCUT2D eigenvalue weighted by Crippen LogP contribution is 1.99. The molecule has 0 heterocycles. The van der Waals surface area contributed by atoms with Gasteiger partial charge in [-0.05, 0) is 13.8 Å². The lowest BCUT2D eigenvalue weighted by molar-refractivity contribution is -0.153. The SMILES string of the molecule is C=CC(=O)OCCOC(=O)C(C)(C)N. The molecule has 0 rings (SSSR count). The van der Waals surface area contributed by atoms with Gasteiger partial charge < -0.3 is 15.2 Å². The van der Waals surface area contributed by atoms with Gasteiger partial charge in [0.25, 0.3) is 0 Å². The molecule has 0 saturated carbocycles. The van der Waals surface area contributed by atoms with Crippen LogP contribution in [0.3, 0.4) is 0 Å². The van der Waals surface area contributed by atoms with Gasteiger partial charge in [0.05, 0.1) is 0 Å². The van der Waals surface area contributed by atoms with Crippen LogP contribution in [-0.4, -0.2) is 30.7 Å². The number of hydrogen-bond donors (Lipinski definition) is 1. The van der Waals surface area contributed by atoms with Crippen molar-refractivity contribution in [2.45, 2.75) is 19.4 Å². The van der Waals surface area contributed by atoms with Crippen LogP contribution in [-0.2, 0) is 19.1 Å². The minimum Gasteiger partial charge on any atom is -0.461 e. The summed E-state index contributed by atoms with van der Waals surface area (Å²) in [6.45, 7) is 6.28. The van der Waals surface area contributed by atoms with E-state index < -0.39 is 17.5 Å². The summed E-state index contributed by atoms with van der Waals surface area (Å²) < 4.78 is 9.31. The summed E-state index contributed by atoms with van der Waals surface area (Å²) in [6, 6.07) is 0. The molecular formula is C9H15NO4. The molecule has 0 bridgehead atoms. The molecule has 0 spiro atoms. The molecule has 0 fully saturated rings.